The third-order valence-corrected chi connectivity index (χ3v) is 4.55. The summed E-state index contributed by atoms with van der Waals surface area (Å²) in [6, 6.07) is -5.00. The molecule has 20 heavy (non-hydrogen) atoms. The van der Waals surface area contributed by atoms with Crippen LogP contribution in [0.25, 0.3) is 31.3 Å². The number of hydrogen-bond acceptors (Lipinski definition) is 1. The molecule has 0 atom stereocenters. The number of thiophene rings is 1. The second-order valence-electron chi connectivity index (χ2n) is 3.95. The first-order valence-electron chi connectivity index (χ1n) is 11.1. The summed E-state index contributed by atoms with van der Waals surface area (Å²) in [6.07, 6.45) is 0. The van der Waals surface area contributed by atoms with Crippen LogP contribution in [0.4, 0.5) is 0 Å². The second kappa shape index (κ2) is 4.72. The molecule has 2 heteroatoms. The second-order valence-corrected chi connectivity index (χ2v) is 5.76. The third kappa shape index (κ3) is 1.80. The van der Waals surface area contributed by atoms with Crippen molar-refractivity contribution >= 4 is 47.4 Å². The van der Waals surface area contributed by atoms with E-state index in [4.69, 9.17) is 15.1 Å². The van der Waals surface area contributed by atoms with E-state index in [0.717, 1.165) is 11.3 Å². The highest BCUT2D eigenvalue weighted by molar-refractivity contribution is 9.10. The van der Waals surface area contributed by atoms with Crippen LogP contribution in [0, 0.1) is 0 Å². The zero-order chi connectivity index (χ0) is 23.1. The molecule has 1 heterocycles. The normalized spacial score (nSPS) is 18.9. The summed E-state index contributed by atoms with van der Waals surface area (Å²) in [7, 11) is 0. The van der Waals surface area contributed by atoms with Gasteiger partial charge in [0.2, 0.25) is 0 Å². The molecule has 0 bridgehead atoms. The molecule has 0 saturated heterocycles. The van der Waals surface area contributed by atoms with E-state index in [0.29, 0.717) is 0 Å². The van der Waals surface area contributed by atoms with Crippen molar-refractivity contribution in [1.82, 2.24) is 0 Å². The van der Waals surface area contributed by atoms with E-state index in [1.807, 2.05) is 0 Å². The first kappa shape index (κ1) is 5.28. The number of hydrogen-bond donors (Lipinski definition) is 0. The Bertz CT molecular complexity index is 1430. The average Bonchev–Trinajstić information content (AvgIpc) is 3.14. The van der Waals surface area contributed by atoms with Crippen molar-refractivity contribution in [3.8, 4) is 11.1 Å². The molecule has 0 nitrogen and oxygen atoms in total. The maximum atomic E-state index is 8.44. The van der Waals surface area contributed by atoms with Gasteiger partial charge in [0.25, 0.3) is 0 Å². The zero-order valence-electron chi connectivity index (χ0n) is 20.8. The molecule has 0 saturated carbocycles. The van der Waals surface area contributed by atoms with Gasteiger partial charge in [-0.15, -0.1) is 11.3 Å². The number of fused-ring (bicyclic) bond motifs is 3. The van der Waals surface area contributed by atoms with Gasteiger partial charge < -0.3 is 0 Å². The predicted octanol–water partition coefficient (Wildman–Crippen LogP) is 6.48. The van der Waals surface area contributed by atoms with Crippen LogP contribution in [0.5, 0.6) is 0 Å². The summed E-state index contributed by atoms with van der Waals surface area (Å²) in [5.74, 6) is 0. The fourth-order valence-corrected chi connectivity index (χ4v) is 3.74. The Kier molecular flexibility index (Phi) is 1.25. The minimum absolute atomic E-state index is 0.0986. The van der Waals surface area contributed by atoms with Crippen LogP contribution in [0.15, 0.2) is 70.9 Å². The topological polar surface area (TPSA) is 0 Å². The summed E-state index contributed by atoms with van der Waals surface area (Å²) >= 11 is 4.19. The number of rotatable bonds is 1. The first-order valence-corrected chi connectivity index (χ1v) is 7.21. The maximum absolute atomic E-state index is 8.44. The molecule has 0 unspecified atom stereocenters. The quantitative estimate of drug-likeness (QED) is 0.368. The molecular weight excluding hydrogens is 328 g/mol. The average molecular weight is 350 g/mol. The summed E-state index contributed by atoms with van der Waals surface area (Å²) in [5, 5.41) is 0.398. The third-order valence-electron chi connectivity index (χ3n) is 2.83. The maximum Gasteiger partial charge on any atom is 0.0638 e. The molecule has 0 N–H and O–H groups in total. The van der Waals surface area contributed by atoms with Crippen LogP contribution in [0.2, 0.25) is 0 Å². The molecule has 96 valence electrons. The van der Waals surface area contributed by atoms with Crippen molar-refractivity contribution in [2.24, 2.45) is 0 Å². The fraction of sp³-hybridized carbons (Fsp3) is 0. The predicted molar refractivity (Wildman–Crippen MR) is 92.5 cm³/mol. The fourth-order valence-electron chi connectivity index (χ4n) is 1.99. The lowest BCUT2D eigenvalue weighted by atomic mass is 10.0. The summed E-state index contributed by atoms with van der Waals surface area (Å²) in [5.41, 5.74) is -0.362. The van der Waals surface area contributed by atoms with Crippen molar-refractivity contribution in [3.63, 3.8) is 0 Å². The molecule has 0 aliphatic carbocycles. The van der Waals surface area contributed by atoms with Gasteiger partial charge in [-0.1, -0.05) is 70.3 Å². The standard InChI is InChI=1S/C18H11BrS/c19-15-10-5-11-16-17(15)14-9-4-8-13(18(14)20-16)12-6-2-1-3-7-12/h1-11H/i1D,2D,3D,4D,5D,6D,7D,8D,9D,10D,11D. The van der Waals surface area contributed by atoms with Crippen LogP contribution in [-0.4, -0.2) is 0 Å². The molecule has 0 aliphatic rings. The highest BCUT2D eigenvalue weighted by Crippen LogP contribution is 2.42. The number of halogens is 1. The van der Waals surface area contributed by atoms with Crippen LogP contribution in [0.1, 0.15) is 15.1 Å². The van der Waals surface area contributed by atoms with E-state index >= 15 is 0 Å². The van der Waals surface area contributed by atoms with Crippen LogP contribution in [0.3, 0.4) is 0 Å². The summed E-state index contributed by atoms with van der Waals surface area (Å²) in [6.45, 7) is 0. The van der Waals surface area contributed by atoms with Gasteiger partial charge in [-0.25, -0.2) is 0 Å². The Balaban J connectivity index is 2.36. The molecule has 0 spiro atoms. The minimum Gasteiger partial charge on any atom is -0.134 e. The van der Waals surface area contributed by atoms with E-state index in [2.05, 4.69) is 15.9 Å². The molecule has 0 radical (unpaired) electrons. The van der Waals surface area contributed by atoms with Gasteiger partial charge in [-0.2, -0.15) is 0 Å². The van der Waals surface area contributed by atoms with Crippen molar-refractivity contribution in [3.05, 3.63) is 70.9 Å². The molecule has 0 amide bonds. The van der Waals surface area contributed by atoms with Crippen molar-refractivity contribution in [2.75, 3.05) is 0 Å². The Hall–Kier alpha value is -1.64. The Morgan fingerprint density at radius 3 is 2.50 bits per heavy atom. The lowest BCUT2D eigenvalue weighted by Gasteiger charge is -2.03. The van der Waals surface area contributed by atoms with Crippen molar-refractivity contribution in [1.29, 1.82) is 0 Å². The van der Waals surface area contributed by atoms with Crippen LogP contribution < -0.4 is 0 Å². The van der Waals surface area contributed by atoms with Gasteiger partial charge in [0.1, 0.15) is 0 Å². The lowest BCUT2D eigenvalue weighted by Crippen LogP contribution is -1.77. The van der Waals surface area contributed by atoms with E-state index in [9.17, 15) is 0 Å². The highest BCUT2D eigenvalue weighted by atomic mass is 79.9. The summed E-state index contributed by atoms with van der Waals surface area (Å²) in [4.78, 5) is 0. The molecular formula is C18H11BrS. The monoisotopic (exact) mass is 349 g/mol. The first-order chi connectivity index (χ1) is 14.4. The summed E-state index contributed by atoms with van der Waals surface area (Å²) < 4.78 is 90.4. The number of benzene rings is 3. The highest BCUT2D eigenvalue weighted by Gasteiger charge is 2.11. The molecule has 0 fully saturated rings. The van der Waals surface area contributed by atoms with Gasteiger partial charge in [-0.05, 0) is 23.2 Å². The van der Waals surface area contributed by atoms with E-state index < -0.39 is 42.3 Å². The van der Waals surface area contributed by atoms with E-state index in [1.54, 1.807) is 0 Å². The molecule has 4 aromatic rings. The largest absolute Gasteiger partial charge is 0.134 e. The Labute approximate surface area is 145 Å². The van der Waals surface area contributed by atoms with Crippen LogP contribution >= 0.6 is 27.3 Å². The molecule has 4 rings (SSSR count). The van der Waals surface area contributed by atoms with E-state index in [1.165, 1.54) is 0 Å². The Morgan fingerprint density at radius 2 is 1.65 bits per heavy atom. The smallest absolute Gasteiger partial charge is 0.0638 e. The van der Waals surface area contributed by atoms with Crippen LogP contribution in [-0.2, 0) is 0 Å². The van der Waals surface area contributed by atoms with Crippen molar-refractivity contribution in [2.45, 2.75) is 0 Å². The SMILES string of the molecule is [2H]c1c([2H])c([2H])c(-c2c([2H])c([2H])c([2H])c3c2sc2c([2H])c([2H])c([2H])c(Br)c23)c([2H])c1[2H]. The van der Waals surface area contributed by atoms with Gasteiger partial charge in [-0.3, -0.25) is 0 Å². The minimum atomic E-state index is -0.588. The van der Waals surface area contributed by atoms with Gasteiger partial charge >= 0.3 is 0 Å². The molecule has 3 aromatic carbocycles. The lowest BCUT2D eigenvalue weighted by molar-refractivity contribution is 1.67. The van der Waals surface area contributed by atoms with Crippen molar-refractivity contribution < 1.29 is 15.1 Å². The van der Waals surface area contributed by atoms with Gasteiger partial charge in [0.05, 0.1) is 15.1 Å². The zero-order valence-corrected chi connectivity index (χ0v) is 12.2. The van der Waals surface area contributed by atoms with Gasteiger partial charge in [0.15, 0.2) is 0 Å². The Morgan fingerprint density at radius 1 is 0.850 bits per heavy atom. The molecule has 1 aromatic heterocycles. The van der Waals surface area contributed by atoms with Gasteiger partial charge in [0, 0.05) is 24.6 Å². The molecule has 0 aliphatic heterocycles. The van der Waals surface area contributed by atoms with E-state index in [-0.39, 0.29) is 59.9 Å².